The van der Waals surface area contributed by atoms with Gasteiger partial charge in [0.25, 0.3) is 0 Å². The highest BCUT2D eigenvalue weighted by molar-refractivity contribution is 9.10. The van der Waals surface area contributed by atoms with Crippen molar-refractivity contribution in [2.24, 2.45) is 4.99 Å². The summed E-state index contributed by atoms with van der Waals surface area (Å²) in [5.74, 6) is 1.06. The molecule has 0 saturated heterocycles. The molecule has 4 heteroatoms. The lowest BCUT2D eigenvalue weighted by Crippen LogP contribution is -2.30. The Morgan fingerprint density at radius 1 is 1.12 bits per heavy atom. The number of hydrogen-bond acceptors (Lipinski definition) is 3. The van der Waals surface area contributed by atoms with Crippen molar-refractivity contribution in [3.05, 3.63) is 57.1 Å². The minimum Gasteiger partial charge on any atom is -0.486 e. The Morgan fingerprint density at radius 3 is 2.58 bits per heavy atom. The molecule has 0 aliphatic carbocycles. The van der Waals surface area contributed by atoms with E-state index in [-0.39, 0.29) is 11.1 Å². The summed E-state index contributed by atoms with van der Waals surface area (Å²) >= 11 is 5.39. The molecular weight excluding hydrogens is 406 g/mol. The monoisotopic (exact) mass is 429 g/mol. The summed E-state index contributed by atoms with van der Waals surface area (Å²) in [6.07, 6.45) is 4.02. The van der Waals surface area contributed by atoms with Crippen molar-refractivity contribution in [3.63, 3.8) is 0 Å². The van der Waals surface area contributed by atoms with Crippen LogP contribution < -0.4 is 4.74 Å². The molecule has 0 fully saturated rings. The average Bonchev–Trinajstić information content (AvgIpc) is 2.87. The van der Waals surface area contributed by atoms with Gasteiger partial charge in [-0.05, 0) is 64.1 Å². The van der Waals surface area contributed by atoms with Crippen LogP contribution in [0.15, 0.2) is 44.7 Å². The normalized spacial score (nSPS) is 19.4. The van der Waals surface area contributed by atoms with Gasteiger partial charge in [-0.1, -0.05) is 28.1 Å². The van der Waals surface area contributed by atoms with Crippen molar-refractivity contribution in [2.75, 3.05) is 6.26 Å². The smallest absolute Gasteiger partial charge is 0.137 e. The van der Waals surface area contributed by atoms with E-state index in [1.54, 1.807) is 11.8 Å². The molecule has 0 amide bonds. The van der Waals surface area contributed by atoms with Crippen LogP contribution in [0.3, 0.4) is 0 Å². The molecule has 0 unspecified atom stereocenters. The van der Waals surface area contributed by atoms with Crippen molar-refractivity contribution in [1.82, 2.24) is 0 Å². The molecule has 0 atom stereocenters. The van der Waals surface area contributed by atoms with Crippen LogP contribution in [-0.4, -0.2) is 23.1 Å². The zero-order chi connectivity index (χ0) is 18.7. The summed E-state index contributed by atoms with van der Waals surface area (Å²) in [7, 11) is 0. The highest BCUT2D eigenvalue weighted by Gasteiger charge is 2.39. The lowest BCUT2D eigenvalue weighted by Gasteiger charge is -2.31. The van der Waals surface area contributed by atoms with E-state index in [0.717, 1.165) is 34.3 Å². The van der Waals surface area contributed by atoms with Gasteiger partial charge < -0.3 is 4.74 Å². The molecule has 26 heavy (non-hydrogen) atoms. The van der Waals surface area contributed by atoms with Crippen LogP contribution in [0.25, 0.3) is 0 Å². The van der Waals surface area contributed by atoms with E-state index in [1.807, 2.05) is 0 Å². The highest BCUT2D eigenvalue weighted by Crippen LogP contribution is 2.47. The molecule has 136 valence electrons. The molecule has 0 spiro atoms. The lowest BCUT2D eigenvalue weighted by molar-refractivity contribution is 0.135. The third-order valence-electron chi connectivity index (χ3n) is 5.00. The number of ether oxygens (including phenoxy) is 1. The van der Waals surface area contributed by atoms with E-state index in [2.05, 4.69) is 80.2 Å². The fourth-order valence-corrected chi connectivity index (χ4v) is 5.08. The largest absolute Gasteiger partial charge is 0.486 e. The van der Waals surface area contributed by atoms with Gasteiger partial charge in [0.15, 0.2) is 0 Å². The van der Waals surface area contributed by atoms with Crippen LogP contribution in [0.2, 0.25) is 0 Å². The molecule has 2 aromatic carbocycles. The van der Waals surface area contributed by atoms with Gasteiger partial charge in [0.1, 0.15) is 11.4 Å². The van der Waals surface area contributed by atoms with Gasteiger partial charge in [0.2, 0.25) is 0 Å². The molecule has 0 bridgehead atoms. The molecule has 2 heterocycles. The number of hydrogen-bond donors (Lipinski definition) is 0. The molecule has 2 aromatic rings. The highest BCUT2D eigenvalue weighted by atomic mass is 79.9. The van der Waals surface area contributed by atoms with E-state index in [4.69, 9.17) is 9.73 Å². The SMILES string of the molecule is CSc1cc2c(c3c1OC(C)(C)C3)C(c1cccc(Br)c1)=NC(C)(C)C2. The third kappa shape index (κ3) is 3.11. The average molecular weight is 430 g/mol. The van der Waals surface area contributed by atoms with Gasteiger partial charge >= 0.3 is 0 Å². The van der Waals surface area contributed by atoms with E-state index in [0.29, 0.717) is 0 Å². The van der Waals surface area contributed by atoms with Gasteiger partial charge in [-0.25, -0.2) is 0 Å². The molecule has 2 aliphatic heterocycles. The maximum atomic E-state index is 6.36. The van der Waals surface area contributed by atoms with Gasteiger partial charge in [-0.2, -0.15) is 0 Å². The Labute approximate surface area is 168 Å². The first kappa shape index (κ1) is 18.1. The fraction of sp³-hybridized carbons (Fsp3) is 0.409. The van der Waals surface area contributed by atoms with Crippen molar-refractivity contribution >= 4 is 33.4 Å². The van der Waals surface area contributed by atoms with Crippen LogP contribution in [0, 0.1) is 0 Å². The van der Waals surface area contributed by atoms with Gasteiger partial charge in [-0.15, -0.1) is 11.8 Å². The number of rotatable bonds is 2. The van der Waals surface area contributed by atoms with E-state index < -0.39 is 0 Å². The Morgan fingerprint density at radius 2 is 1.88 bits per heavy atom. The van der Waals surface area contributed by atoms with Crippen molar-refractivity contribution in [1.29, 1.82) is 0 Å². The standard InChI is InChI=1S/C22H24BrNOS/c1-21(2)11-14-10-17(26-5)20-16(12-22(3,4)25-20)18(14)19(24-21)13-7-6-8-15(23)9-13/h6-10H,11-12H2,1-5H3. The zero-order valence-corrected chi connectivity index (χ0v) is 18.3. The summed E-state index contributed by atoms with van der Waals surface area (Å²) < 4.78 is 7.44. The molecule has 0 aromatic heterocycles. The van der Waals surface area contributed by atoms with Crippen LogP contribution in [0.1, 0.15) is 49.9 Å². The topological polar surface area (TPSA) is 21.6 Å². The van der Waals surface area contributed by atoms with Crippen molar-refractivity contribution in [3.8, 4) is 5.75 Å². The van der Waals surface area contributed by atoms with Crippen LogP contribution in [0.4, 0.5) is 0 Å². The van der Waals surface area contributed by atoms with Crippen LogP contribution in [-0.2, 0) is 12.8 Å². The first-order valence-electron chi connectivity index (χ1n) is 8.97. The Kier molecular flexibility index (Phi) is 4.27. The minimum atomic E-state index is -0.169. The number of aliphatic imine (C=N–C) groups is 1. The molecule has 2 aliphatic rings. The quantitative estimate of drug-likeness (QED) is 0.541. The molecule has 4 rings (SSSR count). The lowest BCUT2D eigenvalue weighted by atomic mass is 9.81. The molecule has 0 saturated carbocycles. The van der Waals surface area contributed by atoms with Gasteiger partial charge in [0, 0.05) is 32.5 Å². The second kappa shape index (κ2) is 6.13. The summed E-state index contributed by atoms with van der Waals surface area (Å²) in [4.78, 5) is 6.43. The number of thioether (sulfide) groups is 1. The maximum Gasteiger partial charge on any atom is 0.137 e. The number of benzene rings is 2. The maximum absolute atomic E-state index is 6.36. The van der Waals surface area contributed by atoms with E-state index in [9.17, 15) is 0 Å². The Bertz CT molecular complexity index is 930. The molecular formula is C22H24BrNOS. The Balaban J connectivity index is 2.00. The summed E-state index contributed by atoms with van der Waals surface area (Å²) in [6.45, 7) is 8.79. The van der Waals surface area contributed by atoms with Gasteiger partial charge in [-0.3, -0.25) is 4.99 Å². The van der Waals surface area contributed by atoms with E-state index >= 15 is 0 Å². The van der Waals surface area contributed by atoms with Crippen LogP contribution >= 0.6 is 27.7 Å². The van der Waals surface area contributed by atoms with Crippen LogP contribution in [0.5, 0.6) is 5.75 Å². The number of fused-ring (bicyclic) bond motifs is 3. The second-order valence-electron chi connectivity index (χ2n) is 8.42. The van der Waals surface area contributed by atoms with E-state index in [1.165, 1.54) is 21.6 Å². The summed E-state index contributed by atoms with van der Waals surface area (Å²) in [5, 5.41) is 0. The number of halogens is 1. The first-order valence-corrected chi connectivity index (χ1v) is 11.0. The molecule has 0 radical (unpaired) electrons. The van der Waals surface area contributed by atoms with Crippen molar-refractivity contribution < 1.29 is 4.74 Å². The minimum absolute atomic E-state index is 0.108. The van der Waals surface area contributed by atoms with Crippen molar-refractivity contribution in [2.45, 2.75) is 56.6 Å². The third-order valence-corrected chi connectivity index (χ3v) is 6.24. The second-order valence-corrected chi connectivity index (χ2v) is 10.2. The fourth-order valence-electron chi connectivity index (χ4n) is 4.07. The Hall–Kier alpha value is -1.26. The predicted molar refractivity (Wildman–Crippen MR) is 114 cm³/mol. The predicted octanol–water partition coefficient (Wildman–Crippen LogP) is 6.06. The first-order chi connectivity index (χ1) is 12.2. The zero-order valence-electron chi connectivity index (χ0n) is 15.9. The molecule has 2 nitrogen and oxygen atoms in total. The summed E-state index contributed by atoms with van der Waals surface area (Å²) in [6, 6.07) is 10.8. The molecule has 0 N–H and O–H groups in total. The summed E-state index contributed by atoms with van der Waals surface area (Å²) in [5.41, 5.74) is 6.00. The van der Waals surface area contributed by atoms with Gasteiger partial charge in [0.05, 0.1) is 11.3 Å². The number of nitrogens with zero attached hydrogens (tertiary/aromatic N) is 1.